The maximum atomic E-state index is 5.96. The zero-order valence-corrected chi connectivity index (χ0v) is 10.9. The van der Waals surface area contributed by atoms with E-state index in [1.165, 1.54) is 6.42 Å². The Morgan fingerprint density at radius 3 is 2.88 bits per heavy atom. The fourth-order valence-corrected chi connectivity index (χ4v) is 1.92. The highest BCUT2D eigenvalue weighted by Gasteiger charge is 2.14. The van der Waals surface area contributed by atoms with Crippen LogP contribution in [0.15, 0.2) is 18.2 Å². The number of aryl methyl sites for hydroxylation is 1. The molecule has 0 saturated carbocycles. The van der Waals surface area contributed by atoms with E-state index < -0.39 is 0 Å². The molecule has 1 N–H and O–H groups in total. The number of ether oxygens (including phenoxy) is 1. The van der Waals surface area contributed by atoms with Crippen molar-refractivity contribution in [2.45, 2.75) is 25.9 Å². The number of rotatable bonds is 2. The van der Waals surface area contributed by atoms with E-state index in [2.05, 4.69) is 5.32 Å². The standard InChI is InChI=1S/C12H16ClNO.ClH/c1-9-7-10(4-5-12(9)13)15-11-3-2-6-14-8-11;/h4-5,7,11,14H,2-3,6,8H2,1H3;1H. The Kier molecular flexibility index (Phi) is 5.39. The lowest BCUT2D eigenvalue weighted by atomic mass is 10.1. The van der Waals surface area contributed by atoms with Crippen LogP contribution >= 0.6 is 24.0 Å². The van der Waals surface area contributed by atoms with Gasteiger partial charge < -0.3 is 10.1 Å². The largest absolute Gasteiger partial charge is 0.489 e. The molecule has 1 unspecified atom stereocenters. The van der Waals surface area contributed by atoms with E-state index in [0.717, 1.165) is 35.8 Å². The summed E-state index contributed by atoms with van der Waals surface area (Å²) in [4.78, 5) is 0. The molecule has 0 aromatic heterocycles. The Balaban J connectivity index is 0.00000128. The molecule has 0 bridgehead atoms. The highest BCUT2D eigenvalue weighted by molar-refractivity contribution is 6.31. The van der Waals surface area contributed by atoms with E-state index in [1.807, 2.05) is 25.1 Å². The Morgan fingerprint density at radius 2 is 2.25 bits per heavy atom. The second-order valence-electron chi connectivity index (χ2n) is 4.00. The maximum Gasteiger partial charge on any atom is 0.120 e. The van der Waals surface area contributed by atoms with Gasteiger partial charge in [0.15, 0.2) is 0 Å². The van der Waals surface area contributed by atoms with Crippen molar-refractivity contribution in [3.63, 3.8) is 0 Å². The van der Waals surface area contributed by atoms with Gasteiger partial charge in [0.2, 0.25) is 0 Å². The van der Waals surface area contributed by atoms with Crippen LogP contribution in [0.25, 0.3) is 0 Å². The van der Waals surface area contributed by atoms with Gasteiger partial charge >= 0.3 is 0 Å². The third-order valence-electron chi connectivity index (χ3n) is 2.68. The minimum Gasteiger partial charge on any atom is -0.489 e. The van der Waals surface area contributed by atoms with Crippen molar-refractivity contribution in [2.24, 2.45) is 0 Å². The summed E-state index contributed by atoms with van der Waals surface area (Å²) in [7, 11) is 0. The molecule has 1 heterocycles. The first-order valence-corrected chi connectivity index (χ1v) is 5.77. The lowest BCUT2D eigenvalue weighted by Gasteiger charge is -2.24. The van der Waals surface area contributed by atoms with Crippen molar-refractivity contribution < 1.29 is 4.74 Å². The molecule has 0 aliphatic carbocycles. The summed E-state index contributed by atoms with van der Waals surface area (Å²) in [5.74, 6) is 0.922. The first-order valence-electron chi connectivity index (χ1n) is 5.39. The summed E-state index contributed by atoms with van der Waals surface area (Å²) in [6.07, 6.45) is 2.63. The summed E-state index contributed by atoms with van der Waals surface area (Å²) in [5.41, 5.74) is 1.07. The second kappa shape index (κ2) is 6.33. The highest BCUT2D eigenvalue weighted by atomic mass is 35.5. The average molecular weight is 262 g/mol. The van der Waals surface area contributed by atoms with Gasteiger partial charge in [-0.25, -0.2) is 0 Å². The molecule has 2 nitrogen and oxygen atoms in total. The molecule has 1 aromatic carbocycles. The number of hydrogen-bond acceptors (Lipinski definition) is 2. The molecular formula is C12H17Cl2NO. The van der Waals surface area contributed by atoms with E-state index in [4.69, 9.17) is 16.3 Å². The number of piperidine rings is 1. The molecule has 2 rings (SSSR count). The van der Waals surface area contributed by atoms with E-state index in [0.29, 0.717) is 6.10 Å². The van der Waals surface area contributed by atoms with Crippen molar-refractivity contribution >= 4 is 24.0 Å². The van der Waals surface area contributed by atoms with Crippen LogP contribution in [0.4, 0.5) is 0 Å². The third kappa shape index (κ3) is 3.55. The van der Waals surface area contributed by atoms with Crippen molar-refractivity contribution in [2.75, 3.05) is 13.1 Å². The van der Waals surface area contributed by atoms with Crippen LogP contribution in [0, 0.1) is 6.92 Å². The van der Waals surface area contributed by atoms with Gasteiger partial charge in [-0.3, -0.25) is 0 Å². The van der Waals surface area contributed by atoms with Crippen molar-refractivity contribution in [1.82, 2.24) is 5.32 Å². The van der Waals surface area contributed by atoms with Crippen LogP contribution in [-0.2, 0) is 0 Å². The summed E-state index contributed by atoms with van der Waals surface area (Å²) in [6, 6.07) is 5.82. The van der Waals surface area contributed by atoms with Gasteiger partial charge in [-0.05, 0) is 50.1 Å². The van der Waals surface area contributed by atoms with Crippen LogP contribution in [0.1, 0.15) is 18.4 Å². The van der Waals surface area contributed by atoms with Gasteiger partial charge in [-0.1, -0.05) is 11.6 Å². The van der Waals surface area contributed by atoms with Crippen LogP contribution in [-0.4, -0.2) is 19.2 Å². The smallest absolute Gasteiger partial charge is 0.120 e. The van der Waals surface area contributed by atoms with Crippen molar-refractivity contribution in [3.8, 4) is 5.75 Å². The molecule has 1 atom stereocenters. The lowest BCUT2D eigenvalue weighted by Crippen LogP contribution is -2.37. The fraction of sp³-hybridized carbons (Fsp3) is 0.500. The molecule has 1 aliphatic rings. The number of nitrogens with one attached hydrogen (secondary N) is 1. The van der Waals surface area contributed by atoms with Gasteiger partial charge in [0.25, 0.3) is 0 Å². The first kappa shape index (κ1) is 13.6. The summed E-state index contributed by atoms with van der Waals surface area (Å²) in [5, 5.41) is 4.13. The minimum atomic E-state index is 0. The maximum absolute atomic E-state index is 5.96. The Morgan fingerprint density at radius 1 is 1.44 bits per heavy atom. The van der Waals surface area contributed by atoms with E-state index >= 15 is 0 Å². The van der Waals surface area contributed by atoms with Crippen LogP contribution < -0.4 is 10.1 Å². The molecule has 0 radical (unpaired) electrons. The second-order valence-corrected chi connectivity index (χ2v) is 4.40. The predicted molar refractivity (Wildman–Crippen MR) is 70.0 cm³/mol. The molecule has 16 heavy (non-hydrogen) atoms. The molecule has 0 spiro atoms. The van der Waals surface area contributed by atoms with Gasteiger partial charge in [-0.15, -0.1) is 12.4 Å². The quantitative estimate of drug-likeness (QED) is 0.883. The van der Waals surface area contributed by atoms with Gasteiger partial charge in [0, 0.05) is 11.6 Å². The summed E-state index contributed by atoms with van der Waals surface area (Å²) >= 11 is 5.96. The Bertz CT molecular complexity index is 338. The van der Waals surface area contributed by atoms with Crippen molar-refractivity contribution in [3.05, 3.63) is 28.8 Å². The highest BCUT2D eigenvalue weighted by Crippen LogP contribution is 2.22. The van der Waals surface area contributed by atoms with Crippen molar-refractivity contribution in [1.29, 1.82) is 0 Å². The van der Waals surface area contributed by atoms with Gasteiger partial charge in [0.1, 0.15) is 11.9 Å². The zero-order chi connectivity index (χ0) is 10.7. The molecule has 1 fully saturated rings. The van der Waals surface area contributed by atoms with E-state index in [1.54, 1.807) is 0 Å². The third-order valence-corrected chi connectivity index (χ3v) is 3.11. The van der Waals surface area contributed by atoms with Gasteiger partial charge in [-0.2, -0.15) is 0 Å². The summed E-state index contributed by atoms with van der Waals surface area (Å²) in [6.45, 7) is 4.05. The molecule has 1 aliphatic heterocycles. The number of halogens is 2. The number of benzene rings is 1. The predicted octanol–water partition coefficient (Wildman–Crippen LogP) is 3.20. The van der Waals surface area contributed by atoms with Crippen LogP contribution in [0.2, 0.25) is 5.02 Å². The topological polar surface area (TPSA) is 21.3 Å². The Labute approximate surface area is 108 Å². The Hall–Kier alpha value is -0.440. The first-order chi connectivity index (χ1) is 7.25. The van der Waals surface area contributed by atoms with Gasteiger partial charge in [0.05, 0.1) is 0 Å². The molecule has 90 valence electrons. The van der Waals surface area contributed by atoms with E-state index in [9.17, 15) is 0 Å². The normalized spacial score (nSPS) is 20.0. The molecule has 1 saturated heterocycles. The lowest BCUT2D eigenvalue weighted by molar-refractivity contribution is 0.167. The van der Waals surface area contributed by atoms with E-state index in [-0.39, 0.29) is 12.4 Å². The zero-order valence-electron chi connectivity index (χ0n) is 9.33. The average Bonchev–Trinajstić information content (AvgIpc) is 2.25. The minimum absolute atomic E-state index is 0. The fourth-order valence-electron chi connectivity index (χ4n) is 1.80. The van der Waals surface area contributed by atoms with Crippen LogP contribution in [0.3, 0.4) is 0 Å². The SMILES string of the molecule is Cc1cc(OC2CCCNC2)ccc1Cl.Cl. The molecule has 0 amide bonds. The molecular weight excluding hydrogens is 245 g/mol. The van der Waals surface area contributed by atoms with Crippen LogP contribution in [0.5, 0.6) is 5.75 Å². The summed E-state index contributed by atoms with van der Waals surface area (Å²) < 4.78 is 5.87. The monoisotopic (exact) mass is 261 g/mol. The molecule has 1 aromatic rings. The molecule has 4 heteroatoms. The number of hydrogen-bond donors (Lipinski definition) is 1.